The summed E-state index contributed by atoms with van der Waals surface area (Å²) in [5.41, 5.74) is 0.715. The van der Waals surface area contributed by atoms with E-state index < -0.39 is 5.97 Å². The van der Waals surface area contributed by atoms with Gasteiger partial charge in [0.2, 0.25) is 0 Å². The second-order valence-corrected chi connectivity index (χ2v) is 6.94. The number of piperidine rings is 1. The molecular weight excluding hydrogens is 346 g/mol. The van der Waals surface area contributed by atoms with Gasteiger partial charge < -0.3 is 14.7 Å². The average molecular weight is 362 g/mol. The van der Waals surface area contributed by atoms with Gasteiger partial charge in [0.1, 0.15) is 0 Å². The Morgan fingerprint density at radius 3 is 2.70 bits per heavy atom. The molecule has 0 radical (unpaired) electrons. The Bertz CT molecular complexity index is 482. The van der Waals surface area contributed by atoms with E-state index in [0.717, 1.165) is 16.6 Å². The lowest BCUT2D eigenvalue weighted by atomic mass is 10.1. The van der Waals surface area contributed by atoms with Gasteiger partial charge in [0.05, 0.1) is 28.5 Å². The number of hydrogen-bond acceptors (Lipinski definition) is 4. The number of carboxylic acid groups (broad SMARTS) is 1. The molecular formula is C13H16BrNO4S. The van der Waals surface area contributed by atoms with Crippen LogP contribution in [-0.4, -0.2) is 47.7 Å². The normalized spacial score (nSPS) is 16.4. The second kappa shape index (κ2) is 7.19. The van der Waals surface area contributed by atoms with E-state index in [1.807, 2.05) is 16.3 Å². The minimum atomic E-state index is -0.847. The van der Waals surface area contributed by atoms with Crippen LogP contribution in [-0.2, 0) is 9.53 Å². The summed E-state index contributed by atoms with van der Waals surface area (Å²) in [4.78, 5) is 24.4. The van der Waals surface area contributed by atoms with Crippen molar-refractivity contribution in [2.75, 3.05) is 19.7 Å². The maximum Gasteiger partial charge on any atom is 0.305 e. The predicted octanol–water partition coefficient (Wildman–Crippen LogP) is 2.61. The number of carbonyl (C=O) groups excluding carboxylic acids is 1. The molecule has 1 amide bonds. The van der Waals surface area contributed by atoms with Crippen LogP contribution in [0.25, 0.3) is 0 Å². The van der Waals surface area contributed by atoms with Crippen molar-refractivity contribution in [3.63, 3.8) is 0 Å². The van der Waals surface area contributed by atoms with Crippen molar-refractivity contribution < 1.29 is 19.4 Å². The van der Waals surface area contributed by atoms with Crippen molar-refractivity contribution in [3.8, 4) is 0 Å². The third kappa shape index (κ3) is 4.29. The lowest BCUT2D eigenvalue weighted by Crippen LogP contribution is -2.40. The molecule has 1 aromatic rings. The number of aliphatic carboxylic acids is 1. The van der Waals surface area contributed by atoms with Gasteiger partial charge in [0.25, 0.3) is 5.91 Å². The molecule has 1 saturated heterocycles. The van der Waals surface area contributed by atoms with Gasteiger partial charge in [0.15, 0.2) is 0 Å². The molecule has 110 valence electrons. The summed E-state index contributed by atoms with van der Waals surface area (Å²) in [6.07, 6.45) is 1.61. The van der Waals surface area contributed by atoms with E-state index in [-0.39, 0.29) is 25.0 Å². The summed E-state index contributed by atoms with van der Waals surface area (Å²) in [6.45, 7) is 1.56. The highest BCUT2D eigenvalue weighted by molar-refractivity contribution is 9.11. The third-order valence-electron chi connectivity index (χ3n) is 3.21. The van der Waals surface area contributed by atoms with Crippen LogP contribution in [0.2, 0.25) is 0 Å². The van der Waals surface area contributed by atoms with Crippen LogP contribution >= 0.6 is 27.3 Å². The Kier molecular flexibility index (Phi) is 5.56. The highest BCUT2D eigenvalue weighted by Crippen LogP contribution is 2.23. The quantitative estimate of drug-likeness (QED) is 0.875. The Labute approximate surface area is 129 Å². The van der Waals surface area contributed by atoms with E-state index in [4.69, 9.17) is 9.84 Å². The fraction of sp³-hybridized carbons (Fsp3) is 0.538. The van der Waals surface area contributed by atoms with Gasteiger partial charge in [-0.2, -0.15) is 0 Å². The van der Waals surface area contributed by atoms with E-state index in [1.54, 1.807) is 0 Å². The fourth-order valence-electron chi connectivity index (χ4n) is 2.14. The van der Waals surface area contributed by atoms with Gasteiger partial charge in [0, 0.05) is 18.5 Å². The zero-order valence-corrected chi connectivity index (χ0v) is 13.3. The van der Waals surface area contributed by atoms with Crippen molar-refractivity contribution in [3.05, 3.63) is 20.8 Å². The minimum absolute atomic E-state index is 0.0298. The van der Waals surface area contributed by atoms with Crippen LogP contribution < -0.4 is 0 Å². The number of ether oxygens (including phenoxy) is 1. The van der Waals surface area contributed by atoms with Crippen molar-refractivity contribution in [2.45, 2.75) is 25.4 Å². The molecule has 0 unspecified atom stereocenters. The number of amides is 1. The minimum Gasteiger partial charge on any atom is -0.481 e. The topological polar surface area (TPSA) is 66.8 Å². The van der Waals surface area contributed by atoms with Gasteiger partial charge in [-0.25, -0.2) is 0 Å². The maximum atomic E-state index is 12.2. The summed E-state index contributed by atoms with van der Waals surface area (Å²) < 4.78 is 6.46. The van der Waals surface area contributed by atoms with E-state index in [1.165, 1.54) is 11.3 Å². The van der Waals surface area contributed by atoms with Gasteiger partial charge in [-0.1, -0.05) is 0 Å². The molecule has 2 heterocycles. The number of nitrogens with zero attached hydrogens (tertiary/aromatic N) is 1. The number of carbonyl (C=O) groups is 2. The number of thiophene rings is 1. The van der Waals surface area contributed by atoms with Gasteiger partial charge in [-0.15, -0.1) is 11.3 Å². The van der Waals surface area contributed by atoms with Crippen LogP contribution in [0.1, 0.15) is 29.6 Å². The van der Waals surface area contributed by atoms with Crippen LogP contribution in [0.3, 0.4) is 0 Å². The number of rotatable bonds is 5. The number of carboxylic acids is 1. The molecule has 1 fully saturated rings. The summed E-state index contributed by atoms with van der Waals surface area (Å²) in [7, 11) is 0. The molecule has 1 N–H and O–H groups in total. The SMILES string of the molecule is O=C(O)CCOC1CCN(C(=O)c2csc(Br)c2)CC1. The molecule has 0 saturated carbocycles. The summed E-state index contributed by atoms with van der Waals surface area (Å²) in [5.74, 6) is -0.795. The Balaban J connectivity index is 1.76. The first-order valence-corrected chi connectivity index (χ1v) is 8.10. The molecule has 0 bridgehead atoms. The van der Waals surface area contributed by atoms with Gasteiger partial charge in [-0.05, 0) is 34.8 Å². The molecule has 1 aliphatic heterocycles. The van der Waals surface area contributed by atoms with Crippen LogP contribution in [0, 0.1) is 0 Å². The summed E-state index contributed by atoms with van der Waals surface area (Å²) in [6, 6.07) is 1.84. The molecule has 2 rings (SSSR count). The fourth-order valence-corrected chi connectivity index (χ4v) is 3.27. The lowest BCUT2D eigenvalue weighted by molar-refractivity contribution is -0.138. The first-order valence-electron chi connectivity index (χ1n) is 6.43. The van der Waals surface area contributed by atoms with E-state index in [2.05, 4.69) is 15.9 Å². The molecule has 0 aliphatic carbocycles. The monoisotopic (exact) mass is 361 g/mol. The zero-order valence-electron chi connectivity index (χ0n) is 10.9. The first-order chi connectivity index (χ1) is 9.56. The number of hydrogen-bond donors (Lipinski definition) is 1. The second-order valence-electron chi connectivity index (χ2n) is 4.65. The number of halogens is 1. The molecule has 1 aliphatic rings. The largest absolute Gasteiger partial charge is 0.481 e. The number of likely N-dealkylation sites (tertiary alicyclic amines) is 1. The molecule has 0 aromatic carbocycles. The van der Waals surface area contributed by atoms with E-state index >= 15 is 0 Å². The van der Waals surface area contributed by atoms with Crippen LogP contribution in [0.5, 0.6) is 0 Å². The first kappa shape index (κ1) is 15.5. The standard InChI is InChI=1S/C13H16BrNO4S/c14-11-7-9(8-20-11)13(18)15-4-1-10(2-5-15)19-6-3-12(16)17/h7-8,10H,1-6H2,(H,16,17). The Morgan fingerprint density at radius 1 is 1.45 bits per heavy atom. The molecule has 0 spiro atoms. The van der Waals surface area contributed by atoms with Crippen molar-refractivity contribution in [1.29, 1.82) is 0 Å². The molecule has 20 heavy (non-hydrogen) atoms. The van der Waals surface area contributed by atoms with Crippen molar-refractivity contribution in [2.24, 2.45) is 0 Å². The van der Waals surface area contributed by atoms with E-state index in [9.17, 15) is 9.59 Å². The van der Waals surface area contributed by atoms with Crippen LogP contribution in [0.15, 0.2) is 15.2 Å². The Hall–Kier alpha value is -0.920. The lowest BCUT2D eigenvalue weighted by Gasteiger charge is -2.31. The van der Waals surface area contributed by atoms with Crippen molar-refractivity contribution >= 4 is 39.1 Å². The Morgan fingerprint density at radius 2 is 2.15 bits per heavy atom. The van der Waals surface area contributed by atoms with Crippen molar-refractivity contribution in [1.82, 2.24) is 4.90 Å². The summed E-state index contributed by atoms with van der Waals surface area (Å²) >= 11 is 4.85. The molecule has 0 atom stereocenters. The third-order valence-corrected chi connectivity index (χ3v) is 4.72. The zero-order chi connectivity index (χ0) is 14.5. The smallest absolute Gasteiger partial charge is 0.305 e. The molecule has 7 heteroatoms. The van der Waals surface area contributed by atoms with Crippen LogP contribution in [0.4, 0.5) is 0 Å². The molecule has 1 aromatic heterocycles. The van der Waals surface area contributed by atoms with Gasteiger partial charge in [-0.3, -0.25) is 9.59 Å². The summed E-state index contributed by atoms with van der Waals surface area (Å²) in [5, 5.41) is 10.4. The maximum absolute atomic E-state index is 12.2. The highest BCUT2D eigenvalue weighted by atomic mass is 79.9. The van der Waals surface area contributed by atoms with Gasteiger partial charge >= 0.3 is 5.97 Å². The highest BCUT2D eigenvalue weighted by Gasteiger charge is 2.24. The average Bonchev–Trinajstić information content (AvgIpc) is 2.85. The predicted molar refractivity (Wildman–Crippen MR) is 79.1 cm³/mol. The van der Waals surface area contributed by atoms with E-state index in [0.29, 0.717) is 18.7 Å². The molecule has 5 nitrogen and oxygen atoms in total.